The van der Waals surface area contributed by atoms with Crippen molar-refractivity contribution in [2.75, 3.05) is 46.4 Å². The van der Waals surface area contributed by atoms with E-state index >= 15 is 0 Å². The molecular formula is C27H30F2N4O4. The number of amides is 3. The Bertz CT molecular complexity index is 1180. The van der Waals surface area contributed by atoms with E-state index in [0.717, 1.165) is 0 Å². The molecule has 1 fully saturated rings. The third-order valence-electron chi connectivity index (χ3n) is 6.62. The van der Waals surface area contributed by atoms with Crippen LogP contribution in [-0.2, 0) is 9.53 Å². The summed E-state index contributed by atoms with van der Waals surface area (Å²) in [6, 6.07) is 9.94. The van der Waals surface area contributed by atoms with Crippen molar-refractivity contribution < 1.29 is 27.9 Å². The highest BCUT2D eigenvalue weighted by atomic mass is 19.1. The summed E-state index contributed by atoms with van der Waals surface area (Å²) in [4.78, 5) is 44.1. The number of hydrogen-bond acceptors (Lipinski definition) is 5. The molecule has 2 aliphatic heterocycles. The molecule has 2 aromatic carbocycles. The first-order chi connectivity index (χ1) is 17.8. The Hall–Kier alpha value is -3.79. The number of rotatable bonds is 6. The maximum Gasteiger partial charge on any atom is 0.338 e. The zero-order valence-corrected chi connectivity index (χ0v) is 20.9. The maximum atomic E-state index is 13.6. The Morgan fingerprint density at radius 3 is 2.27 bits per heavy atom. The van der Waals surface area contributed by atoms with Crippen molar-refractivity contribution in [2.45, 2.75) is 19.4 Å². The molecule has 0 radical (unpaired) electrons. The van der Waals surface area contributed by atoms with E-state index in [4.69, 9.17) is 4.74 Å². The van der Waals surface area contributed by atoms with E-state index in [1.165, 1.54) is 53.4 Å². The van der Waals surface area contributed by atoms with Crippen molar-refractivity contribution >= 4 is 17.9 Å². The van der Waals surface area contributed by atoms with Gasteiger partial charge >= 0.3 is 12.0 Å². The highest BCUT2D eigenvalue weighted by Gasteiger charge is 2.37. The molecule has 1 N–H and O–H groups in total. The second kappa shape index (κ2) is 11.5. The molecule has 1 saturated heterocycles. The molecule has 0 aromatic heterocycles. The predicted octanol–water partition coefficient (Wildman–Crippen LogP) is 3.33. The van der Waals surface area contributed by atoms with Crippen molar-refractivity contribution in [1.29, 1.82) is 0 Å². The summed E-state index contributed by atoms with van der Waals surface area (Å²) >= 11 is 0. The van der Waals surface area contributed by atoms with Crippen molar-refractivity contribution in [1.82, 2.24) is 20.0 Å². The average molecular weight is 513 g/mol. The van der Waals surface area contributed by atoms with Crippen LogP contribution < -0.4 is 5.32 Å². The fraction of sp³-hybridized carbons (Fsp3) is 0.370. The van der Waals surface area contributed by atoms with Gasteiger partial charge in [0.2, 0.25) is 0 Å². The first kappa shape index (κ1) is 26.3. The highest BCUT2D eigenvalue weighted by Crippen LogP contribution is 2.31. The Morgan fingerprint density at radius 1 is 0.973 bits per heavy atom. The van der Waals surface area contributed by atoms with Gasteiger partial charge in [-0.2, -0.15) is 0 Å². The van der Waals surface area contributed by atoms with Gasteiger partial charge < -0.3 is 15.0 Å². The molecule has 10 heteroatoms. The first-order valence-corrected chi connectivity index (χ1v) is 12.3. The van der Waals surface area contributed by atoms with Crippen LogP contribution >= 0.6 is 0 Å². The minimum Gasteiger partial charge on any atom is -0.463 e. The zero-order valence-electron chi connectivity index (χ0n) is 20.9. The zero-order chi connectivity index (χ0) is 26.5. The standard InChI is InChI=1S/C27H30F2N4O4/c1-3-37-26(35)23-22(31(2)27(36)30-24(23)18-5-9-20(28)10-6-18)17-32-13-4-14-33(16-15-32)25(34)19-7-11-21(29)12-8-19/h5-12,24H,3-4,13-17H2,1-2H3,(H,30,36). The number of halogens is 2. The SMILES string of the molecule is CCOC(=O)C1=C(CN2CCCN(C(=O)c3ccc(F)cc3)CC2)N(C)C(=O)NC1c1ccc(F)cc1. The van der Waals surface area contributed by atoms with E-state index in [1.54, 1.807) is 18.9 Å². The second-order valence-electron chi connectivity index (χ2n) is 9.00. The van der Waals surface area contributed by atoms with Crippen LogP contribution in [-0.4, -0.2) is 79.0 Å². The molecule has 1 atom stereocenters. The van der Waals surface area contributed by atoms with Crippen LogP contribution in [0.1, 0.15) is 35.3 Å². The van der Waals surface area contributed by atoms with Crippen LogP contribution in [0.3, 0.4) is 0 Å². The van der Waals surface area contributed by atoms with Crippen LogP contribution in [0.15, 0.2) is 59.8 Å². The van der Waals surface area contributed by atoms with Gasteiger partial charge in [-0.3, -0.25) is 14.6 Å². The fourth-order valence-corrected chi connectivity index (χ4v) is 4.62. The molecule has 1 unspecified atom stereocenters. The maximum absolute atomic E-state index is 13.6. The second-order valence-corrected chi connectivity index (χ2v) is 9.00. The molecular weight excluding hydrogens is 482 g/mol. The van der Waals surface area contributed by atoms with E-state index < -0.39 is 23.6 Å². The average Bonchev–Trinajstić information content (AvgIpc) is 3.13. The Balaban J connectivity index is 1.58. The number of esters is 1. The topological polar surface area (TPSA) is 82.2 Å². The third-order valence-corrected chi connectivity index (χ3v) is 6.62. The summed E-state index contributed by atoms with van der Waals surface area (Å²) in [6.45, 7) is 4.28. The van der Waals surface area contributed by atoms with Crippen LogP contribution in [0, 0.1) is 11.6 Å². The molecule has 4 rings (SSSR count). The lowest BCUT2D eigenvalue weighted by molar-refractivity contribution is -0.139. The molecule has 3 amide bonds. The lowest BCUT2D eigenvalue weighted by Gasteiger charge is -2.36. The third kappa shape index (κ3) is 5.96. The highest BCUT2D eigenvalue weighted by molar-refractivity contribution is 5.95. The molecule has 196 valence electrons. The van der Waals surface area contributed by atoms with Crippen molar-refractivity contribution in [3.8, 4) is 0 Å². The van der Waals surface area contributed by atoms with Crippen LogP contribution in [0.2, 0.25) is 0 Å². The van der Waals surface area contributed by atoms with Crippen LogP contribution in [0.25, 0.3) is 0 Å². The lowest BCUT2D eigenvalue weighted by atomic mass is 9.94. The summed E-state index contributed by atoms with van der Waals surface area (Å²) in [7, 11) is 1.59. The van der Waals surface area contributed by atoms with E-state index in [2.05, 4.69) is 10.2 Å². The minimum absolute atomic E-state index is 0.160. The van der Waals surface area contributed by atoms with Crippen LogP contribution in [0.5, 0.6) is 0 Å². The van der Waals surface area contributed by atoms with Gasteiger partial charge in [0.25, 0.3) is 5.91 Å². The molecule has 2 aromatic rings. The van der Waals surface area contributed by atoms with Crippen LogP contribution in [0.4, 0.5) is 13.6 Å². The Morgan fingerprint density at radius 2 is 1.62 bits per heavy atom. The van der Waals surface area contributed by atoms with Gasteiger partial charge in [-0.15, -0.1) is 0 Å². The van der Waals surface area contributed by atoms with E-state index in [-0.39, 0.29) is 25.1 Å². The van der Waals surface area contributed by atoms with Crippen molar-refractivity contribution in [2.24, 2.45) is 0 Å². The fourth-order valence-electron chi connectivity index (χ4n) is 4.62. The van der Waals surface area contributed by atoms with Crippen molar-refractivity contribution in [3.63, 3.8) is 0 Å². The summed E-state index contributed by atoms with van der Waals surface area (Å²) in [5.41, 5.74) is 1.78. The summed E-state index contributed by atoms with van der Waals surface area (Å²) in [5.74, 6) is -1.54. The quantitative estimate of drug-likeness (QED) is 0.601. The molecule has 0 spiro atoms. The first-order valence-electron chi connectivity index (χ1n) is 12.3. The number of nitrogens with one attached hydrogen (secondary N) is 1. The summed E-state index contributed by atoms with van der Waals surface area (Å²) < 4.78 is 32.2. The number of ether oxygens (including phenoxy) is 1. The van der Waals surface area contributed by atoms with Gasteiger partial charge in [-0.05, 0) is 55.3 Å². The number of hydrogen-bond donors (Lipinski definition) is 1. The van der Waals surface area contributed by atoms with Gasteiger partial charge in [0.15, 0.2) is 0 Å². The predicted molar refractivity (Wildman–Crippen MR) is 132 cm³/mol. The number of carbonyl (C=O) groups excluding carboxylic acids is 3. The molecule has 2 heterocycles. The number of nitrogens with zero attached hydrogens (tertiary/aromatic N) is 3. The van der Waals surface area contributed by atoms with E-state index in [1.807, 2.05) is 0 Å². The van der Waals surface area contributed by atoms with Gasteiger partial charge in [-0.1, -0.05) is 12.1 Å². The normalized spacial score (nSPS) is 18.9. The molecule has 0 bridgehead atoms. The van der Waals surface area contributed by atoms with Gasteiger partial charge in [-0.25, -0.2) is 18.4 Å². The monoisotopic (exact) mass is 512 g/mol. The number of carbonyl (C=O) groups is 3. The molecule has 0 aliphatic carbocycles. The van der Waals surface area contributed by atoms with Gasteiger partial charge in [0.05, 0.1) is 18.2 Å². The van der Waals surface area contributed by atoms with E-state index in [9.17, 15) is 23.2 Å². The summed E-state index contributed by atoms with van der Waals surface area (Å²) in [5, 5.41) is 2.82. The number of urea groups is 1. The Labute approximate surface area is 214 Å². The lowest BCUT2D eigenvalue weighted by Crippen LogP contribution is -2.49. The molecule has 8 nitrogen and oxygen atoms in total. The molecule has 0 saturated carbocycles. The number of benzene rings is 2. The van der Waals surface area contributed by atoms with E-state index in [0.29, 0.717) is 55.0 Å². The van der Waals surface area contributed by atoms with Gasteiger partial charge in [0, 0.05) is 51.0 Å². The molecule has 37 heavy (non-hydrogen) atoms. The molecule has 2 aliphatic rings. The van der Waals surface area contributed by atoms with Gasteiger partial charge in [0.1, 0.15) is 11.6 Å². The summed E-state index contributed by atoms with van der Waals surface area (Å²) in [6.07, 6.45) is 0.687. The largest absolute Gasteiger partial charge is 0.463 e. The number of likely N-dealkylation sites (N-methyl/N-ethyl adjacent to an activating group) is 1. The Kier molecular flexibility index (Phi) is 8.17. The minimum atomic E-state index is -0.790. The van der Waals surface area contributed by atoms with Crippen molar-refractivity contribution in [3.05, 3.63) is 82.6 Å². The smallest absolute Gasteiger partial charge is 0.338 e.